The first kappa shape index (κ1) is 38.9. The lowest BCUT2D eigenvalue weighted by Gasteiger charge is -2.18. The third kappa shape index (κ3) is 21.5. The Bertz CT molecular complexity index is 920. The van der Waals surface area contributed by atoms with Crippen LogP contribution < -0.4 is 4.74 Å². The highest BCUT2D eigenvalue weighted by Crippen LogP contribution is 2.18. The van der Waals surface area contributed by atoms with Gasteiger partial charge in [-0.05, 0) is 25.0 Å². The molecule has 0 aliphatic heterocycles. The van der Waals surface area contributed by atoms with Gasteiger partial charge in [-0.1, -0.05) is 117 Å². The van der Waals surface area contributed by atoms with Crippen molar-refractivity contribution in [2.24, 2.45) is 0 Å². The Kier molecular flexibility index (Phi) is 23.2. The molecule has 0 aliphatic carbocycles. The maximum atomic E-state index is 12.5. The average Bonchev–Trinajstić information content (AvgIpc) is 3.01. The first-order chi connectivity index (χ1) is 21.3. The number of rotatable bonds is 27. The number of non-ortho nitro benzene ring substituents is 1. The molecule has 0 aromatic heterocycles. The van der Waals surface area contributed by atoms with Crippen molar-refractivity contribution >= 4 is 23.8 Å². The lowest BCUT2D eigenvalue weighted by atomic mass is 10.1. The van der Waals surface area contributed by atoms with E-state index in [0.717, 1.165) is 38.5 Å². The molecule has 1 aromatic rings. The van der Waals surface area contributed by atoms with Crippen LogP contribution in [-0.2, 0) is 23.8 Å². The van der Waals surface area contributed by atoms with Crippen LogP contribution in [0.1, 0.15) is 142 Å². The molecule has 250 valence electrons. The van der Waals surface area contributed by atoms with E-state index in [2.05, 4.69) is 13.8 Å². The van der Waals surface area contributed by atoms with Crippen LogP contribution in [-0.4, -0.2) is 42.3 Å². The topological polar surface area (TPSA) is 131 Å². The van der Waals surface area contributed by atoms with Gasteiger partial charge in [0.25, 0.3) is 5.69 Å². The first-order valence-corrected chi connectivity index (χ1v) is 16.8. The van der Waals surface area contributed by atoms with Crippen molar-refractivity contribution < 1.29 is 38.3 Å². The molecule has 0 aliphatic rings. The number of hydrogen-bond acceptors (Lipinski definition) is 9. The maximum Gasteiger partial charge on any atom is 0.513 e. The molecule has 1 rings (SSSR count). The van der Waals surface area contributed by atoms with E-state index >= 15 is 0 Å². The fourth-order valence-corrected chi connectivity index (χ4v) is 4.70. The van der Waals surface area contributed by atoms with Gasteiger partial charge in [-0.25, -0.2) is 4.79 Å². The zero-order valence-corrected chi connectivity index (χ0v) is 27.1. The summed E-state index contributed by atoms with van der Waals surface area (Å²) in [5.41, 5.74) is -0.145. The Balaban J connectivity index is 2.44. The molecule has 0 amide bonds. The highest BCUT2D eigenvalue weighted by Gasteiger charge is 2.20. The van der Waals surface area contributed by atoms with E-state index in [1.165, 1.54) is 94.9 Å². The number of unbranched alkanes of at least 4 members (excludes halogenated alkanes) is 16. The zero-order valence-electron chi connectivity index (χ0n) is 27.1. The first-order valence-electron chi connectivity index (χ1n) is 16.8. The molecule has 10 nitrogen and oxygen atoms in total. The average molecular weight is 622 g/mol. The second-order valence-electron chi connectivity index (χ2n) is 11.4. The minimum Gasteiger partial charge on any atom is -0.462 e. The van der Waals surface area contributed by atoms with Crippen molar-refractivity contribution in [2.45, 2.75) is 148 Å². The van der Waals surface area contributed by atoms with E-state index < -0.39 is 23.2 Å². The molecule has 0 spiro atoms. The van der Waals surface area contributed by atoms with Gasteiger partial charge in [0.1, 0.15) is 19.0 Å². The predicted octanol–water partition coefficient (Wildman–Crippen LogP) is 9.41. The molecule has 0 N–H and O–H groups in total. The summed E-state index contributed by atoms with van der Waals surface area (Å²) in [6, 6.07) is 4.95. The molecule has 1 atom stereocenters. The summed E-state index contributed by atoms with van der Waals surface area (Å²) in [7, 11) is 0. The van der Waals surface area contributed by atoms with E-state index in [0.29, 0.717) is 6.42 Å². The van der Waals surface area contributed by atoms with Gasteiger partial charge in [0, 0.05) is 25.0 Å². The zero-order chi connectivity index (χ0) is 32.3. The fourth-order valence-electron chi connectivity index (χ4n) is 4.70. The van der Waals surface area contributed by atoms with Crippen molar-refractivity contribution in [2.75, 3.05) is 13.2 Å². The minimum atomic E-state index is -1.07. The second-order valence-corrected chi connectivity index (χ2v) is 11.4. The maximum absolute atomic E-state index is 12.5. The van der Waals surface area contributed by atoms with Crippen LogP contribution in [0.4, 0.5) is 10.5 Å². The molecule has 0 saturated carbocycles. The van der Waals surface area contributed by atoms with Crippen LogP contribution in [0.2, 0.25) is 0 Å². The van der Waals surface area contributed by atoms with Crippen molar-refractivity contribution in [1.29, 1.82) is 0 Å². The number of carbonyl (C=O) groups excluding carboxylic acids is 3. The summed E-state index contributed by atoms with van der Waals surface area (Å²) >= 11 is 0. The fraction of sp³-hybridized carbons (Fsp3) is 0.735. The Morgan fingerprint density at radius 3 is 1.55 bits per heavy atom. The van der Waals surface area contributed by atoms with Crippen molar-refractivity contribution in [1.82, 2.24) is 0 Å². The largest absolute Gasteiger partial charge is 0.513 e. The second kappa shape index (κ2) is 26.3. The number of carbonyl (C=O) groups is 3. The summed E-state index contributed by atoms with van der Waals surface area (Å²) in [6.07, 6.45) is 18.8. The van der Waals surface area contributed by atoms with Gasteiger partial charge in [0.2, 0.25) is 0 Å². The third-order valence-electron chi connectivity index (χ3n) is 7.33. The number of nitro benzene ring substituents is 1. The Morgan fingerprint density at radius 2 is 1.07 bits per heavy atom. The van der Waals surface area contributed by atoms with E-state index in [4.69, 9.17) is 18.9 Å². The van der Waals surface area contributed by atoms with E-state index in [9.17, 15) is 24.5 Å². The molecule has 44 heavy (non-hydrogen) atoms. The van der Waals surface area contributed by atoms with Gasteiger partial charge >= 0.3 is 18.1 Å². The standard InChI is InChI=1S/C34H55NO9/c1-3-5-7-9-11-13-15-17-19-21-32(36)41-27-31(43-33(37)22-20-18-16-14-12-10-8-6-4-2)28-42-34(38)44-30-25-23-29(24-26-30)35(39)40/h23-26,31H,3-22,27-28H2,1-2H3. The summed E-state index contributed by atoms with van der Waals surface area (Å²) in [5, 5.41) is 10.8. The molecule has 0 saturated heterocycles. The lowest BCUT2D eigenvalue weighted by molar-refractivity contribution is -0.384. The van der Waals surface area contributed by atoms with Gasteiger partial charge in [0.15, 0.2) is 6.10 Å². The van der Waals surface area contributed by atoms with E-state index in [-0.39, 0.29) is 43.5 Å². The SMILES string of the molecule is CCCCCCCCCCCC(=O)OCC(COC(=O)Oc1ccc([N+](=O)[O-])cc1)OC(=O)CCCCCCCCCCC. The van der Waals surface area contributed by atoms with E-state index in [1.807, 2.05) is 0 Å². The monoisotopic (exact) mass is 621 g/mol. The normalized spacial score (nSPS) is 11.5. The van der Waals surface area contributed by atoms with Crippen LogP contribution >= 0.6 is 0 Å². The summed E-state index contributed by atoms with van der Waals surface area (Å²) in [4.78, 5) is 47.2. The Hall–Kier alpha value is -3.17. The number of nitro groups is 1. The van der Waals surface area contributed by atoms with Gasteiger partial charge < -0.3 is 18.9 Å². The third-order valence-corrected chi connectivity index (χ3v) is 7.33. The molecule has 10 heteroatoms. The quantitative estimate of drug-likeness (QED) is 0.0235. The molecule has 0 fully saturated rings. The predicted molar refractivity (Wildman–Crippen MR) is 170 cm³/mol. The molecule has 0 radical (unpaired) electrons. The molecular weight excluding hydrogens is 566 g/mol. The Labute approximate surface area is 263 Å². The summed E-state index contributed by atoms with van der Waals surface area (Å²) in [6.45, 7) is 3.81. The van der Waals surface area contributed by atoms with E-state index in [1.54, 1.807) is 0 Å². The molecule has 0 heterocycles. The van der Waals surface area contributed by atoms with Crippen molar-refractivity contribution in [3.05, 3.63) is 34.4 Å². The minimum absolute atomic E-state index is 0.0619. The van der Waals surface area contributed by atoms with Crippen LogP contribution in [0.3, 0.4) is 0 Å². The van der Waals surface area contributed by atoms with Gasteiger partial charge in [-0.15, -0.1) is 0 Å². The van der Waals surface area contributed by atoms with Crippen LogP contribution in [0.15, 0.2) is 24.3 Å². The van der Waals surface area contributed by atoms with Crippen LogP contribution in [0, 0.1) is 10.1 Å². The number of nitrogens with zero attached hydrogens (tertiary/aromatic N) is 1. The number of ether oxygens (including phenoxy) is 4. The highest BCUT2D eigenvalue weighted by molar-refractivity contribution is 5.70. The smallest absolute Gasteiger partial charge is 0.462 e. The molecule has 1 unspecified atom stereocenters. The molecular formula is C34H55NO9. The molecule has 0 bridgehead atoms. The highest BCUT2D eigenvalue weighted by atomic mass is 16.7. The van der Waals surface area contributed by atoms with Gasteiger partial charge in [-0.2, -0.15) is 0 Å². The number of esters is 2. The lowest BCUT2D eigenvalue weighted by Crippen LogP contribution is -2.31. The number of benzene rings is 1. The van der Waals surface area contributed by atoms with Crippen molar-refractivity contribution in [3.63, 3.8) is 0 Å². The summed E-state index contributed by atoms with van der Waals surface area (Å²) < 4.78 is 21.0. The van der Waals surface area contributed by atoms with Crippen LogP contribution in [0.25, 0.3) is 0 Å². The Morgan fingerprint density at radius 1 is 0.636 bits per heavy atom. The summed E-state index contributed by atoms with van der Waals surface area (Å²) in [5.74, 6) is -0.770. The van der Waals surface area contributed by atoms with Gasteiger partial charge in [0.05, 0.1) is 4.92 Å². The van der Waals surface area contributed by atoms with Gasteiger partial charge in [-0.3, -0.25) is 19.7 Å². The number of hydrogen-bond donors (Lipinski definition) is 0. The van der Waals surface area contributed by atoms with Crippen LogP contribution in [0.5, 0.6) is 5.75 Å². The molecule has 1 aromatic carbocycles. The van der Waals surface area contributed by atoms with Crippen molar-refractivity contribution in [3.8, 4) is 5.75 Å².